The summed E-state index contributed by atoms with van der Waals surface area (Å²) in [6, 6.07) is 1.88. The second kappa shape index (κ2) is 5.82. The van der Waals surface area contributed by atoms with Crippen molar-refractivity contribution in [1.29, 1.82) is 0 Å². The van der Waals surface area contributed by atoms with Gasteiger partial charge < -0.3 is 15.5 Å². The molecule has 1 aliphatic carbocycles. The SMILES string of the molecule is CN(C)c1ccncc1NC(=O)CNCC1CC1. The molecule has 0 aromatic carbocycles. The van der Waals surface area contributed by atoms with Gasteiger partial charge in [0.2, 0.25) is 5.91 Å². The average Bonchev–Trinajstić information content (AvgIpc) is 3.13. The molecule has 5 nitrogen and oxygen atoms in total. The van der Waals surface area contributed by atoms with Gasteiger partial charge in [0.25, 0.3) is 0 Å². The molecule has 1 saturated carbocycles. The minimum Gasteiger partial charge on any atom is -0.376 e. The van der Waals surface area contributed by atoms with Gasteiger partial charge in [-0.1, -0.05) is 0 Å². The first-order valence-electron chi connectivity index (χ1n) is 6.28. The number of pyridine rings is 1. The van der Waals surface area contributed by atoms with Crippen LogP contribution in [-0.4, -0.2) is 38.1 Å². The fraction of sp³-hybridized carbons (Fsp3) is 0.538. The minimum atomic E-state index is -0.0215. The van der Waals surface area contributed by atoms with Crippen molar-refractivity contribution >= 4 is 17.3 Å². The molecule has 0 unspecified atom stereocenters. The van der Waals surface area contributed by atoms with Crippen molar-refractivity contribution in [3.05, 3.63) is 18.5 Å². The zero-order chi connectivity index (χ0) is 13.0. The normalized spacial score (nSPS) is 14.3. The van der Waals surface area contributed by atoms with E-state index in [1.807, 2.05) is 25.1 Å². The summed E-state index contributed by atoms with van der Waals surface area (Å²) in [5.41, 5.74) is 1.71. The monoisotopic (exact) mass is 248 g/mol. The second-order valence-electron chi connectivity index (χ2n) is 4.91. The molecule has 1 heterocycles. The number of nitrogens with one attached hydrogen (secondary N) is 2. The highest BCUT2D eigenvalue weighted by Crippen LogP contribution is 2.27. The molecule has 0 saturated heterocycles. The molecule has 0 atom stereocenters. The van der Waals surface area contributed by atoms with Crippen molar-refractivity contribution in [2.24, 2.45) is 5.92 Å². The number of anilines is 2. The van der Waals surface area contributed by atoms with E-state index in [0.29, 0.717) is 6.54 Å². The van der Waals surface area contributed by atoms with Crippen LogP contribution in [0, 0.1) is 5.92 Å². The standard InChI is InChI=1S/C13H20N4O/c1-17(2)12-5-6-14-8-11(12)16-13(18)9-15-7-10-3-4-10/h5-6,8,10,15H,3-4,7,9H2,1-2H3,(H,16,18). The van der Waals surface area contributed by atoms with Gasteiger partial charge in [0.15, 0.2) is 0 Å². The van der Waals surface area contributed by atoms with Crippen molar-refractivity contribution < 1.29 is 4.79 Å². The second-order valence-corrected chi connectivity index (χ2v) is 4.91. The minimum absolute atomic E-state index is 0.0215. The molecule has 1 aromatic heterocycles. The van der Waals surface area contributed by atoms with Crippen LogP contribution in [0.4, 0.5) is 11.4 Å². The van der Waals surface area contributed by atoms with Gasteiger partial charge >= 0.3 is 0 Å². The van der Waals surface area contributed by atoms with Crippen molar-refractivity contribution in [1.82, 2.24) is 10.3 Å². The molecular formula is C13H20N4O. The first-order valence-corrected chi connectivity index (χ1v) is 6.28. The van der Waals surface area contributed by atoms with Gasteiger partial charge in [-0.2, -0.15) is 0 Å². The van der Waals surface area contributed by atoms with Crippen LogP contribution in [0.5, 0.6) is 0 Å². The van der Waals surface area contributed by atoms with E-state index >= 15 is 0 Å². The number of hydrogen-bond donors (Lipinski definition) is 2. The predicted octanol–water partition coefficient (Wildman–Crippen LogP) is 1.09. The van der Waals surface area contributed by atoms with E-state index < -0.39 is 0 Å². The van der Waals surface area contributed by atoms with E-state index in [9.17, 15) is 4.79 Å². The number of carbonyl (C=O) groups excluding carboxylic acids is 1. The Hall–Kier alpha value is -1.62. The van der Waals surface area contributed by atoms with Crippen LogP contribution < -0.4 is 15.5 Å². The maximum atomic E-state index is 11.8. The molecule has 0 aliphatic heterocycles. The third-order valence-corrected chi connectivity index (χ3v) is 2.97. The average molecular weight is 248 g/mol. The maximum Gasteiger partial charge on any atom is 0.238 e. The Bertz CT molecular complexity index is 415. The summed E-state index contributed by atoms with van der Waals surface area (Å²) in [6.45, 7) is 1.30. The van der Waals surface area contributed by atoms with Crippen LogP contribution in [0.15, 0.2) is 18.5 Å². The van der Waals surface area contributed by atoms with Gasteiger partial charge in [0, 0.05) is 20.3 Å². The lowest BCUT2D eigenvalue weighted by molar-refractivity contribution is -0.115. The molecule has 0 radical (unpaired) electrons. The first kappa shape index (κ1) is 12.8. The molecule has 0 bridgehead atoms. The van der Waals surface area contributed by atoms with E-state index in [1.54, 1.807) is 12.4 Å². The largest absolute Gasteiger partial charge is 0.376 e. The quantitative estimate of drug-likeness (QED) is 0.791. The van der Waals surface area contributed by atoms with E-state index in [0.717, 1.165) is 23.8 Å². The Balaban J connectivity index is 1.85. The van der Waals surface area contributed by atoms with Gasteiger partial charge in [-0.15, -0.1) is 0 Å². The summed E-state index contributed by atoms with van der Waals surface area (Å²) in [6.07, 6.45) is 5.98. The lowest BCUT2D eigenvalue weighted by atomic mass is 10.3. The Kier molecular flexibility index (Phi) is 4.15. The Morgan fingerprint density at radius 3 is 2.94 bits per heavy atom. The predicted molar refractivity (Wildman–Crippen MR) is 72.8 cm³/mol. The lowest BCUT2D eigenvalue weighted by Gasteiger charge is -2.17. The number of aromatic nitrogens is 1. The van der Waals surface area contributed by atoms with Crippen LogP contribution >= 0.6 is 0 Å². The van der Waals surface area contributed by atoms with Crippen molar-refractivity contribution in [2.75, 3.05) is 37.4 Å². The number of hydrogen-bond acceptors (Lipinski definition) is 4. The third kappa shape index (κ3) is 3.70. The fourth-order valence-corrected chi connectivity index (χ4v) is 1.78. The van der Waals surface area contributed by atoms with E-state index in [4.69, 9.17) is 0 Å². The highest BCUT2D eigenvalue weighted by molar-refractivity contribution is 5.95. The van der Waals surface area contributed by atoms with Crippen LogP contribution in [-0.2, 0) is 4.79 Å². The molecule has 1 amide bonds. The lowest BCUT2D eigenvalue weighted by Crippen LogP contribution is -2.30. The zero-order valence-corrected chi connectivity index (χ0v) is 10.9. The van der Waals surface area contributed by atoms with Crippen molar-refractivity contribution in [2.45, 2.75) is 12.8 Å². The topological polar surface area (TPSA) is 57.3 Å². The first-order chi connectivity index (χ1) is 8.66. The van der Waals surface area contributed by atoms with Gasteiger partial charge in [0.1, 0.15) is 0 Å². The molecule has 2 rings (SSSR count). The summed E-state index contributed by atoms with van der Waals surface area (Å²) in [4.78, 5) is 17.8. The van der Waals surface area contributed by atoms with Crippen LogP contribution in [0.2, 0.25) is 0 Å². The fourth-order valence-electron chi connectivity index (χ4n) is 1.78. The van der Waals surface area contributed by atoms with Gasteiger partial charge in [-0.3, -0.25) is 9.78 Å². The summed E-state index contributed by atoms with van der Waals surface area (Å²) in [5.74, 6) is 0.764. The van der Waals surface area contributed by atoms with Gasteiger partial charge in [0.05, 0.1) is 24.1 Å². The third-order valence-electron chi connectivity index (χ3n) is 2.97. The number of rotatable bonds is 6. The molecule has 18 heavy (non-hydrogen) atoms. The molecule has 1 aliphatic rings. The van der Waals surface area contributed by atoms with Crippen LogP contribution in [0.1, 0.15) is 12.8 Å². The summed E-state index contributed by atoms with van der Waals surface area (Å²) in [7, 11) is 3.88. The van der Waals surface area contributed by atoms with Crippen molar-refractivity contribution in [3.8, 4) is 0 Å². The highest BCUT2D eigenvalue weighted by atomic mass is 16.1. The summed E-state index contributed by atoms with van der Waals surface area (Å²) < 4.78 is 0. The van der Waals surface area contributed by atoms with E-state index in [1.165, 1.54) is 12.8 Å². The number of carbonyl (C=O) groups is 1. The van der Waals surface area contributed by atoms with Gasteiger partial charge in [-0.25, -0.2) is 0 Å². The molecule has 98 valence electrons. The van der Waals surface area contributed by atoms with Crippen molar-refractivity contribution in [3.63, 3.8) is 0 Å². The Morgan fingerprint density at radius 1 is 1.50 bits per heavy atom. The Labute approximate surface area is 108 Å². The molecule has 2 N–H and O–H groups in total. The highest BCUT2D eigenvalue weighted by Gasteiger charge is 2.20. The van der Waals surface area contributed by atoms with E-state index in [-0.39, 0.29) is 5.91 Å². The summed E-state index contributed by atoms with van der Waals surface area (Å²) in [5, 5.41) is 6.05. The van der Waals surface area contributed by atoms with E-state index in [2.05, 4.69) is 15.6 Å². The molecule has 1 fully saturated rings. The number of amides is 1. The Morgan fingerprint density at radius 2 is 2.28 bits per heavy atom. The summed E-state index contributed by atoms with van der Waals surface area (Å²) >= 11 is 0. The van der Waals surface area contributed by atoms with Gasteiger partial charge in [-0.05, 0) is 31.4 Å². The number of nitrogens with zero attached hydrogens (tertiary/aromatic N) is 2. The molecule has 5 heteroatoms. The molecular weight excluding hydrogens is 228 g/mol. The smallest absolute Gasteiger partial charge is 0.238 e. The molecule has 0 spiro atoms. The van der Waals surface area contributed by atoms with Crippen LogP contribution in [0.3, 0.4) is 0 Å². The maximum absolute atomic E-state index is 11.8. The van der Waals surface area contributed by atoms with Crippen LogP contribution in [0.25, 0.3) is 0 Å². The zero-order valence-electron chi connectivity index (χ0n) is 10.9. The molecule has 1 aromatic rings.